The Kier molecular flexibility index (Phi) is 4.34. The van der Waals surface area contributed by atoms with Crippen molar-refractivity contribution < 1.29 is 9.21 Å². The zero-order valence-electron chi connectivity index (χ0n) is 15.9. The molecular formula is C23H23NO3. The van der Waals surface area contributed by atoms with Crippen molar-refractivity contribution in [2.75, 3.05) is 0 Å². The molecule has 0 radical (unpaired) electrons. The van der Waals surface area contributed by atoms with Gasteiger partial charge in [0, 0.05) is 23.2 Å². The average molecular weight is 361 g/mol. The van der Waals surface area contributed by atoms with Gasteiger partial charge in [-0.3, -0.25) is 9.59 Å². The number of hydrogen-bond donors (Lipinski definition) is 0. The molecular weight excluding hydrogens is 338 g/mol. The first-order chi connectivity index (χ1) is 13.0. The topological polar surface area (TPSA) is 50.5 Å². The Morgan fingerprint density at radius 1 is 1.07 bits per heavy atom. The molecule has 0 atom stereocenters. The molecule has 1 amide bonds. The Morgan fingerprint density at radius 3 is 2.41 bits per heavy atom. The van der Waals surface area contributed by atoms with Gasteiger partial charge in [-0.2, -0.15) is 0 Å². The lowest BCUT2D eigenvalue weighted by molar-refractivity contribution is 0.0691. The summed E-state index contributed by atoms with van der Waals surface area (Å²) in [6, 6.07) is 15.2. The van der Waals surface area contributed by atoms with Gasteiger partial charge in [-0.15, -0.1) is 0 Å². The van der Waals surface area contributed by atoms with Crippen LogP contribution in [0.15, 0.2) is 57.7 Å². The van der Waals surface area contributed by atoms with Crippen LogP contribution in [0.3, 0.4) is 0 Å². The summed E-state index contributed by atoms with van der Waals surface area (Å²) >= 11 is 0. The van der Waals surface area contributed by atoms with Crippen molar-refractivity contribution in [3.63, 3.8) is 0 Å². The van der Waals surface area contributed by atoms with Gasteiger partial charge in [0.05, 0.1) is 10.9 Å². The van der Waals surface area contributed by atoms with Gasteiger partial charge in [0.25, 0.3) is 5.91 Å². The van der Waals surface area contributed by atoms with Gasteiger partial charge < -0.3 is 9.32 Å². The largest absolute Gasteiger partial charge is 0.455 e. The first kappa shape index (κ1) is 17.5. The highest BCUT2D eigenvalue weighted by Crippen LogP contribution is 2.32. The highest BCUT2D eigenvalue weighted by molar-refractivity contribution is 6.05. The fourth-order valence-electron chi connectivity index (χ4n) is 3.66. The molecule has 4 nitrogen and oxygen atoms in total. The summed E-state index contributed by atoms with van der Waals surface area (Å²) in [5.74, 6) is 0.458. The van der Waals surface area contributed by atoms with Crippen LogP contribution in [0.2, 0.25) is 0 Å². The van der Waals surface area contributed by atoms with E-state index in [-0.39, 0.29) is 17.4 Å². The van der Waals surface area contributed by atoms with Gasteiger partial charge in [0.15, 0.2) is 11.0 Å². The van der Waals surface area contributed by atoms with Crippen molar-refractivity contribution in [1.82, 2.24) is 4.90 Å². The lowest BCUT2D eigenvalue weighted by atomic mass is 10.0. The van der Waals surface area contributed by atoms with Gasteiger partial charge in [0.1, 0.15) is 5.76 Å². The highest BCUT2D eigenvalue weighted by atomic mass is 16.3. The van der Waals surface area contributed by atoms with E-state index in [4.69, 9.17) is 4.42 Å². The molecule has 1 heterocycles. The van der Waals surface area contributed by atoms with Gasteiger partial charge in [-0.25, -0.2) is 0 Å². The van der Waals surface area contributed by atoms with Crippen LogP contribution in [0.4, 0.5) is 0 Å². The fraction of sp³-hybridized carbons (Fsp3) is 0.304. The number of amides is 1. The summed E-state index contributed by atoms with van der Waals surface area (Å²) in [4.78, 5) is 28.2. The third-order valence-electron chi connectivity index (χ3n) is 5.14. The molecule has 0 saturated heterocycles. The average Bonchev–Trinajstić information content (AvgIpc) is 3.49. The van der Waals surface area contributed by atoms with Crippen LogP contribution in [-0.4, -0.2) is 22.9 Å². The molecule has 4 rings (SSSR count). The van der Waals surface area contributed by atoms with Crippen molar-refractivity contribution >= 4 is 16.9 Å². The highest BCUT2D eigenvalue weighted by Gasteiger charge is 2.35. The molecule has 1 fully saturated rings. The lowest BCUT2D eigenvalue weighted by Gasteiger charge is -2.27. The summed E-state index contributed by atoms with van der Waals surface area (Å²) < 4.78 is 6.19. The predicted molar refractivity (Wildman–Crippen MR) is 107 cm³/mol. The summed E-state index contributed by atoms with van der Waals surface area (Å²) in [6.07, 6.45) is 2.07. The molecule has 0 N–H and O–H groups in total. The Bertz CT molecular complexity index is 1060. The Morgan fingerprint density at radius 2 is 1.78 bits per heavy atom. The van der Waals surface area contributed by atoms with Crippen LogP contribution >= 0.6 is 0 Å². The number of hydrogen-bond acceptors (Lipinski definition) is 3. The van der Waals surface area contributed by atoms with E-state index in [1.807, 2.05) is 49.1 Å². The summed E-state index contributed by atoms with van der Waals surface area (Å²) in [6.45, 7) is 5.82. The summed E-state index contributed by atoms with van der Waals surface area (Å²) in [5, 5.41) is 0.456. The van der Waals surface area contributed by atoms with Crippen LogP contribution in [0.1, 0.15) is 42.6 Å². The smallest absolute Gasteiger partial charge is 0.258 e. The minimum Gasteiger partial charge on any atom is -0.455 e. The molecule has 0 bridgehead atoms. The Labute approximate surface area is 158 Å². The van der Waals surface area contributed by atoms with Gasteiger partial charge in [0.2, 0.25) is 0 Å². The molecule has 27 heavy (non-hydrogen) atoms. The lowest BCUT2D eigenvalue weighted by Crippen LogP contribution is -2.38. The first-order valence-corrected chi connectivity index (χ1v) is 9.43. The van der Waals surface area contributed by atoms with E-state index in [2.05, 4.69) is 0 Å². The van der Waals surface area contributed by atoms with Crippen LogP contribution < -0.4 is 5.43 Å². The second-order valence-corrected chi connectivity index (χ2v) is 7.47. The van der Waals surface area contributed by atoms with E-state index in [0.29, 0.717) is 33.9 Å². The van der Waals surface area contributed by atoms with E-state index < -0.39 is 0 Å². The molecule has 2 aromatic carbocycles. The number of benzene rings is 2. The fourth-order valence-corrected chi connectivity index (χ4v) is 3.66. The minimum absolute atomic E-state index is 0.0656. The van der Waals surface area contributed by atoms with Crippen molar-refractivity contribution in [3.05, 3.63) is 69.9 Å². The van der Waals surface area contributed by atoms with Crippen LogP contribution in [0.5, 0.6) is 0 Å². The molecule has 1 aliphatic rings. The van der Waals surface area contributed by atoms with E-state index >= 15 is 0 Å². The van der Waals surface area contributed by atoms with Crippen molar-refractivity contribution in [3.8, 4) is 11.3 Å². The number of nitrogens with zero attached hydrogens (tertiary/aromatic N) is 1. The molecule has 0 unspecified atom stereocenters. The molecule has 0 aliphatic heterocycles. The van der Waals surface area contributed by atoms with Crippen LogP contribution in [-0.2, 0) is 0 Å². The standard InChI is InChI=1S/C23H23NO3/c1-14(2)24(17-12-13-17)23(26)19-11-7-10-18-20(25)15(3)21(27-22(18)19)16-8-5-4-6-9-16/h4-11,14,17H,12-13H2,1-3H3. The molecule has 1 aliphatic carbocycles. The number of fused-ring (bicyclic) bond motifs is 1. The Hall–Kier alpha value is -2.88. The zero-order valence-corrected chi connectivity index (χ0v) is 15.9. The zero-order chi connectivity index (χ0) is 19.1. The van der Waals surface area contributed by atoms with Gasteiger partial charge >= 0.3 is 0 Å². The van der Waals surface area contributed by atoms with E-state index in [9.17, 15) is 9.59 Å². The number of carbonyl (C=O) groups is 1. The molecule has 0 spiro atoms. The third kappa shape index (κ3) is 3.05. The minimum atomic E-state index is -0.0905. The Balaban J connectivity index is 1.93. The quantitative estimate of drug-likeness (QED) is 0.672. The molecule has 4 heteroatoms. The van der Waals surface area contributed by atoms with Crippen molar-refractivity contribution in [1.29, 1.82) is 0 Å². The van der Waals surface area contributed by atoms with E-state index in [0.717, 1.165) is 18.4 Å². The normalized spacial score (nSPS) is 13.9. The predicted octanol–water partition coefficient (Wildman–Crippen LogP) is 4.78. The number of para-hydroxylation sites is 1. The van der Waals surface area contributed by atoms with Gasteiger partial charge in [-0.05, 0) is 45.7 Å². The number of carbonyl (C=O) groups excluding carboxylic acids is 1. The maximum absolute atomic E-state index is 13.3. The molecule has 1 saturated carbocycles. The van der Waals surface area contributed by atoms with Gasteiger partial charge in [-0.1, -0.05) is 36.4 Å². The van der Waals surface area contributed by atoms with Crippen molar-refractivity contribution in [2.24, 2.45) is 0 Å². The maximum Gasteiger partial charge on any atom is 0.258 e. The molecule has 138 valence electrons. The third-order valence-corrected chi connectivity index (χ3v) is 5.14. The molecule has 1 aromatic heterocycles. The second-order valence-electron chi connectivity index (χ2n) is 7.47. The second kappa shape index (κ2) is 6.69. The number of rotatable bonds is 4. The SMILES string of the molecule is Cc1c(-c2ccccc2)oc2c(C(=O)N(C(C)C)C3CC3)cccc2c1=O. The van der Waals surface area contributed by atoms with Crippen LogP contribution in [0.25, 0.3) is 22.3 Å². The van der Waals surface area contributed by atoms with Crippen molar-refractivity contribution in [2.45, 2.75) is 45.7 Å². The molecule has 3 aromatic rings. The van der Waals surface area contributed by atoms with E-state index in [1.165, 1.54) is 0 Å². The van der Waals surface area contributed by atoms with Crippen LogP contribution in [0, 0.1) is 6.92 Å². The first-order valence-electron chi connectivity index (χ1n) is 9.43. The van der Waals surface area contributed by atoms with E-state index in [1.54, 1.807) is 25.1 Å². The maximum atomic E-state index is 13.3. The monoisotopic (exact) mass is 361 g/mol. The summed E-state index contributed by atoms with van der Waals surface area (Å²) in [5.41, 5.74) is 2.14. The summed E-state index contributed by atoms with van der Waals surface area (Å²) in [7, 11) is 0.